The molecule has 2 aliphatic heterocycles. The first-order valence-electron chi connectivity index (χ1n) is 10.8. The van der Waals surface area contributed by atoms with Crippen molar-refractivity contribution in [2.45, 2.75) is 18.0 Å². The van der Waals surface area contributed by atoms with Gasteiger partial charge in [-0.15, -0.1) is 23.1 Å². The fourth-order valence-corrected chi connectivity index (χ4v) is 5.92. The van der Waals surface area contributed by atoms with Crippen LogP contribution in [0.2, 0.25) is 0 Å². The van der Waals surface area contributed by atoms with Gasteiger partial charge in [-0.25, -0.2) is 14.8 Å². The van der Waals surface area contributed by atoms with Crippen molar-refractivity contribution in [3.63, 3.8) is 0 Å². The summed E-state index contributed by atoms with van der Waals surface area (Å²) in [6, 6.07) is 2.75. The third-order valence-electron chi connectivity index (χ3n) is 5.66. The lowest BCUT2D eigenvalue weighted by Gasteiger charge is -2.49. The number of carbonyl (C=O) groups is 3. The van der Waals surface area contributed by atoms with Crippen molar-refractivity contribution >= 4 is 51.7 Å². The first kappa shape index (κ1) is 24.5. The monoisotopic (exact) mass is 540 g/mol. The molecule has 37 heavy (non-hydrogen) atoms. The second kappa shape index (κ2) is 10.0. The Balaban J connectivity index is 1.33. The summed E-state index contributed by atoms with van der Waals surface area (Å²) < 4.78 is 1.76. The van der Waals surface area contributed by atoms with Gasteiger partial charge in [-0.2, -0.15) is 0 Å². The van der Waals surface area contributed by atoms with E-state index in [1.54, 1.807) is 40.9 Å². The van der Waals surface area contributed by atoms with Crippen LogP contribution in [0.25, 0.3) is 11.3 Å². The fraction of sp³-hybridized carbons (Fsp3) is 0.227. The minimum atomic E-state index is -1.22. The number of nitrogens with zero attached hydrogens (tertiary/aromatic N) is 6. The molecule has 0 saturated carbocycles. The minimum Gasteiger partial charge on any atom is -0.477 e. The quantitative estimate of drug-likeness (QED) is 0.210. The van der Waals surface area contributed by atoms with Crippen LogP contribution in [-0.4, -0.2) is 77.3 Å². The summed E-state index contributed by atoms with van der Waals surface area (Å²) in [5, 5.41) is 17.5. The SMILES string of the molecule is CO/N=C(\C(=O)N[C@@H]1C(=O)N2C(C(=O)O)=C(Cn3cnc(-c4cccnc4)c3)CSC12)c1csc(N)n1. The van der Waals surface area contributed by atoms with Gasteiger partial charge in [-0.05, 0) is 17.7 Å². The van der Waals surface area contributed by atoms with Gasteiger partial charge >= 0.3 is 5.97 Å². The Morgan fingerprint density at radius 2 is 2.24 bits per heavy atom. The third kappa shape index (κ3) is 4.65. The zero-order chi connectivity index (χ0) is 26.1. The van der Waals surface area contributed by atoms with Crippen LogP contribution in [0.4, 0.5) is 5.13 Å². The Morgan fingerprint density at radius 3 is 2.92 bits per heavy atom. The molecule has 2 aliphatic rings. The van der Waals surface area contributed by atoms with E-state index in [9.17, 15) is 19.5 Å². The van der Waals surface area contributed by atoms with Crippen molar-refractivity contribution in [3.8, 4) is 11.3 Å². The Kier molecular flexibility index (Phi) is 6.62. The normalized spacial score (nSPS) is 19.3. The van der Waals surface area contributed by atoms with E-state index in [0.29, 0.717) is 17.0 Å². The molecule has 0 spiro atoms. The summed E-state index contributed by atoms with van der Waals surface area (Å²) in [5.41, 5.74) is 7.72. The van der Waals surface area contributed by atoms with E-state index in [2.05, 4.69) is 25.4 Å². The van der Waals surface area contributed by atoms with Gasteiger partial charge in [-0.3, -0.25) is 19.5 Å². The first-order chi connectivity index (χ1) is 17.9. The highest BCUT2D eigenvalue weighted by Crippen LogP contribution is 2.40. The highest BCUT2D eigenvalue weighted by molar-refractivity contribution is 8.00. The van der Waals surface area contributed by atoms with Crippen LogP contribution < -0.4 is 11.1 Å². The van der Waals surface area contributed by atoms with Crippen molar-refractivity contribution < 1.29 is 24.3 Å². The van der Waals surface area contributed by atoms with Gasteiger partial charge in [0.15, 0.2) is 10.8 Å². The topological polar surface area (TPSA) is 178 Å². The molecular formula is C22H20N8O5S2. The molecule has 2 amide bonds. The number of carboxylic acid groups (broad SMARTS) is 1. The summed E-state index contributed by atoms with van der Waals surface area (Å²) in [4.78, 5) is 56.6. The largest absolute Gasteiger partial charge is 0.477 e. The number of pyridine rings is 1. The number of aromatic nitrogens is 4. The number of anilines is 1. The number of carbonyl (C=O) groups excluding carboxylic acids is 2. The molecule has 190 valence electrons. The number of thiazole rings is 1. The molecule has 0 bridgehead atoms. The number of hydrogen-bond donors (Lipinski definition) is 3. The maximum Gasteiger partial charge on any atom is 0.352 e. The highest BCUT2D eigenvalue weighted by atomic mass is 32.2. The summed E-state index contributed by atoms with van der Waals surface area (Å²) in [5.74, 6) is -2.08. The molecule has 2 atom stereocenters. The minimum absolute atomic E-state index is 0.0890. The van der Waals surface area contributed by atoms with Gasteiger partial charge in [0.25, 0.3) is 11.8 Å². The molecule has 13 nitrogen and oxygen atoms in total. The van der Waals surface area contributed by atoms with Gasteiger partial charge in [0, 0.05) is 41.8 Å². The van der Waals surface area contributed by atoms with Gasteiger partial charge in [0.05, 0.1) is 12.0 Å². The van der Waals surface area contributed by atoms with E-state index < -0.39 is 29.2 Å². The number of oxime groups is 1. The molecule has 0 radical (unpaired) electrons. The number of nitrogen functional groups attached to an aromatic ring is 1. The molecule has 5 rings (SSSR count). The van der Waals surface area contributed by atoms with Crippen molar-refractivity contribution in [2.75, 3.05) is 18.6 Å². The van der Waals surface area contributed by atoms with Crippen LogP contribution in [0.1, 0.15) is 5.69 Å². The molecule has 5 heterocycles. The van der Waals surface area contributed by atoms with E-state index in [1.165, 1.54) is 23.8 Å². The Hall–Kier alpha value is -4.24. The average Bonchev–Trinajstić information content (AvgIpc) is 3.54. The number of fused-ring (bicyclic) bond motifs is 1. The van der Waals surface area contributed by atoms with Gasteiger partial charge in [0.1, 0.15) is 29.9 Å². The van der Waals surface area contributed by atoms with Crippen LogP contribution in [0, 0.1) is 0 Å². The number of β-lactam (4-membered cyclic amide) rings is 1. The number of hydrogen-bond acceptors (Lipinski definition) is 11. The third-order valence-corrected chi connectivity index (χ3v) is 7.68. The molecule has 3 aromatic heterocycles. The summed E-state index contributed by atoms with van der Waals surface area (Å²) in [6.07, 6.45) is 6.76. The number of nitrogens with two attached hydrogens (primary N) is 1. The van der Waals surface area contributed by atoms with E-state index >= 15 is 0 Å². The lowest BCUT2D eigenvalue weighted by molar-refractivity contribution is -0.150. The Morgan fingerprint density at radius 1 is 1.41 bits per heavy atom. The lowest BCUT2D eigenvalue weighted by Crippen LogP contribution is -2.71. The smallest absolute Gasteiger partial charge is 0.352 e. The number of rotatable bonds is 8. The van der Waals surface area contributed by atoms with E-state index in [4.69, 9.17) is 10.6 Å². The second-order valence-corrected chi connectivity index (χ2v) is 9.98. The number of nitrogens with one attached hydrogen (secondary N) is 1. The van der Waals surface area contributed by atoms with Crippen molar-refractivity contribution in [2.24, 2.45) is 5.16 Å². The van der Waals surface area contributed by atoms with Gasteiger partial charge in [0.2, 0.25) is 0 Å². The second-order valence-electron chi connectivity index (χ2n) is 7.98. The molecule has 15 heteroatoms. The van der Waals surface area contributed by atoms with E-state index in [1.807, 2.05) is 6.07 Å². The lowest BCUT2D eigenvalue weighted by atomic mass is 10.0. The molecule has 1 fully saturated rings. The highest BCUT2D eigenvalue weighted by Gasteiger charge is 2.54. The van der Waals surface area contributed by atoms with E-state index in [0.717, 1.165) is 16.9 Å². The van der Waals surface area contributed by atoms with Crippen LogP contribution in [0.3, 0.4) is 0 Å². The molecule has 3 aromatic rings. The van der Waals surface area contributed by atoms with Crippen molar-refractivity contribution in [1.82, 2.24) is 29.7 Å². The molecule has 1 saturated heterocycles. The van der Waals surface area contributed by atoms with Crippen LogP contribution >= 0.6 is 23.1 Å². The number of aliphatic carboxylic acids is 1. The summed E-state index contributed by atoms with van der Waals surface area (Å²) in [7, 11) is 1.28. The molecule has 0 aromatic carbocycles. The molecule has 0 aliphatic carbocycles. The standard InChI is InChI=1S/C22H20N8O5S2/c1-35-28-15(14-9-37-22(23)26-14)18(31)27-16-19(32)30-17(21(33)34)12(8-36-20(16)30)6-29-7-13(25-10-29)11-3-2-4-24-5-11/h2-5,7,9-10,16,20H,6,8H2,1H3,(H2,23,26)(H,27,31)(H,33,34)/b28-15-/t16-,20?/m1/s1. The number of carboxylic acids is 1. The average molecular weight is 541 g/mol. The first-order valence-corrected chi connectivity index (χ1v) is 12.8. The van der Waals surface area contributed by atoms with E-state index in [-0.39, 0.29) is 28.8 Å². The fourth-order valence-electron chi connectivity index (χ4n) is 4.04. The predicted molar refractivity (Wildman–Crippen MR) is 135 cm³/mol. The van der Waals surface area contributed by atoms with Crippen LogP contribution in [-0.2, 0) is 25.8 Å². The summed E-state index contributed by atoms with van der Waals surface area (Å²) >= 11 is 2.49. The Bertz CT molecular complexity index is 1430. The van der Waals surface area contributed by atoms with Gasteiger partial charge < -0.3 is 25.6 Å². The van der Waals surface area contributed by atoms with Crippen molar-refractivity contribution in [1.29, 1.82) is 0 Å². The maximum absolute atomic E-state index is 13.0. The Labute approximate surface area is 218 Å². The molecule has 1 unspecified atom stereocenters. The number of amides is 2. The zero-order valence-electron chi connectivity index (χ0n) is 19.3. The van der Waals surface area contributed by atoms with Crippen LogP contribution in [0.15, 0.2) is 58.9 Å². The summed E-state index contributed by atoms with van der Waals surface area (Å²) in [6.45, 7) is 0.241. The maximum atomic E-state index is 13.0. The van der Waals surface area contributed by atoms with Crippen LogP contribution in [0.5, 0.6) is 0 Å². The zero-order valence-corrected chi connectivity index (χ0v) is 20.9. The number of thioether (sulfide) groups is 1. The number of imidazole rings is 1. The molecule has 4 N–H and O–H groups in total. The van der Waals surface area contributed by atoms with Crippen molar-refractivity contribution in [3.05, 3.63) is 59.4 Å². The predicted octanol–water partition coefficient (Wildman–Crippen LogP) is 0.773. The van der Waals surface area contributed by atoms with Gasteiger partial charge in [-0.1, -0.05) is 5.16 Å². The molecular weight excluding hydrogens is 520 g/mol.